The average Bonchev–Trinajstić information content (AvgIpc) is 2.88. The van der Waals surface area contributed by atoms with Gasteiger partial charge in [0.05, 0.1) is 0 Å². The molecule has 0 unspecified atom stereocenters. The Hall–Kier alpha value is -2.29. The molecule has 0 aliphatic carbocycles. The molecule has 3 nitrogen and oxygen atoms in total. The zero-order valence-corrected chi connectivity index (χ0v) is 22.2. The summed E-state index contributed by atoms with van der Waals surface area (Å²) in [6.07, 6.45) is 21.7. The van der Waals surface area contributed by atoms with Crippen LogP contribution in [0.1, 0.15) is 115 Å². The van der Waals surface area contributed by atoms with Gasteiger partial charge in [0.15, 0.2) is 0 Å². The number of benzene rings is 2. The Bertz CT molecular complexity index is 757. The van der Waals surface area contributed by atoms with Crippen LogP contribution >= 0.6 is 0 Å². The standard InChI is InChI=1S/C32H49NO2/c1-2-3-4-5-6-7-8-9-10-11-12-13-14-18-28-33-30-26-24-29(25-27-30)20-19-23-32(34)35-31-21-16-15-17-22-31/h15-17,21-22,24-27,33H,2-14,18-20,23,28H2,1H3. The fraction of sp³-hybridized carbons (Fsp3) is 0.594. The van der Waals surface area contributed by atoms with E-state index in [0.717, 1.165) is 19.4 Å². The van der Waals surface area contributed by atoms with Crippen molar-refractivity contribution in [1.29, 1.82) is 0 Å². The number of nitrogens with one attached hydrogen (secondary N) is 1. The fourth-order valence-corrected chi connectivity index (χ4v) is 4.45. The topological polar surface area (TPSA) is 38.3 Å². The molecule has 0 radical (unpaired) electrons. The smallest absolute Gasteiger partial charge is 0.311 e. The van der Waals surface area contributed by atoms with Crippen LogP contribution in [0.2, 0.25) is 0 Å². The Morgan fingerprint density at radius 1 is 0.657 bits per heavy atom. The lowest BCUT2D eigenvalue weighted by atomic mass is 10.0. The number of carbonyl (C=O) groups excluding carboxylic acids is 1. The van der Waals surface area contributed by atoms with Crippen molar-refractivity contribution in [3.8, 4) is 5.75 Å². The molecule has 0 spiro atoms. The Morgan fingerprint density at radius 3 is 1.77 bits per heavy atom. The van der Waals surface area contributed by atoms with Gasteiger partial charge in [0.2, 0.25) is 0 Å². The summed E-state index contributed by atoms with van der Waals surface area (Å²) in [4.78, 5) is 11.9. The van der Waals surface area contributed by atoms with E-state index in [4.69, 9.17) is 4.74 Å². The second-order valence-corrected chi connectivity index (χ2v) is 9.86. The first kappa shape index (κ1) is 28.9. The normalized spacial score (nSPS) is 10.9. The van der Waals surface area contributed by atoms with Crippen LogP contribution in [0.15, 0.2) is 54.6 Å². The van der Waals surface area contributed by atoms with E-state index in [1.54, 1.807) is 0 Å². The van der Waals surface area contributed by atoms with Gasteiger partial charge in [-0.15, -0.1) is 0 Å². The number of hydrogen-bond acceptors (Lipinski definition) is 3. The molecule has 0 fully saturated rings. The summed E-state index contributed by atoms with van der Waals surface area (Å²) >= 11 is 0. The highest BCUT2D eigenvalue weighted by Crippen LogP contribution is 2.15. The number of hydrogen-bond donors (Lipinski definition) is 1. The average molecular weight is 480 g/mol. The Labute approximate surface area is 215 Å². The van der Waals surface area contributed by atoms with E-state index in [0.29, 0.717) is 12.2 Å². The van der Waals surface area contributed by atoms with Gasteiger partial charge in [-0.1, -0.05) is 121 Å². The molecule has 2 aromatic rings. The van der Waals surface area contributed by atoms with Crippen molar-refractivity contribution in [2.75, 3.05) is 11.9 Å². The molecule has 0 saturated carbocycles. The summed E-state index contributed by atoms with van der Waals surface area (Å²) in [7, 11) is 0. The lowest BCUT2D eigenvalue weighted by Gasteiger charge is -2.08. The highest BCUT2D eigenvalue weighted by Gasteiger charge is 2.05. The van der Waals surface area contributed by atoms with E-state index >= 15 is 0 Å². The number of rotatable bonds is 21. The minimum absolute atomic E-state index is 0.164. The second-order valence-electron chi connectivity index (χ2n) is 9.86. The third-order valence-corrected chi connectivity index (χ3v) is 6.63. The van der Waals surface area contributed by atoms with Crippen molar-refractivity contribution < 1.29 is 9.53 Å². The molecule has 35 heavy (non-hydrogen) atoms. The molecule has 0 aliphatic rings. The zero-order chi connectivity index (χ0) is 24.8. The van der Waals surface area contributed by atoms with Crippen molar-refractivity contribution in [3.05, 3.63) is 60.2 Å². The largest absolute Gasteiger partial charge is 0.427 e. The van der Waals surface area contributed by atoms with Crippen LogP contribution in [-0.4, -0.2) is 12.5 Å². The number of unbranched alkanes of at least 4 members (excludes halogenated alkanes) is 13. The first-order valence-electron chi connectivity index (χ1n) is 14.4. The van der Waals surface area contributed by atoms with Gasteiger partial charge in [-0.05, 0) is 49.1 Å². The number of ether oxygens (including phenoxy) is 1. The van der Waals surface area contributed by atoms with Gasteiger partial charge in [0.1, 0.15) is 5.75 Å². The first-order valence-corrected chi connectivity index (χ1v) is 14.4. The minimum Gasteiger partial charge on any atom is -0.427 e. The molecule has 194 valence electrons. The number of para-hydroxylation sites is 1. The lowest BCUT2D eigenvalue weighted by Crippen LogP contribution is -2.08. The summed E-state index contributed by atoms with van der Waals surface area (Å²) in [6.45, 7) is 3.33. The van der Waals surface area contributed by atoms with E-state index in [9.17, 15) is 4.79 Å². The Balaban J connectivity index is 1.39. The molecule has 0 bridgehead atoms. The second kappa shape index (κ2) is 20.0. The van der Waals surface area contributed by atoms with Gasteiger partial charge in [-0.2, -0.15) is 0 Å². The molecule has 0 heterocycles. The van der Waals surface area contributed by atoms with Crippen molar-refractivity contribution in [3.63, 3.8) is 0 Å². The summed E-state index contributed by atoms with van der Waals surface area (Å²) in [5.74, 6) is 0.453. The van der Waals surface area contributed by atoms with Gasteiger partial charge < -0.3 is 10.1 Å². The Kier molecular flexibility index (Phi) is 16.5. The summed E-state index contributed by atoms with van der Waals surface area (Å²) < 4.78 is 5.34. The maximum absolute atomic E-state index is 11.9. The van der Waals surface area contributed by atoms with Crippen molar-refractivity contribution in [2.24, 2.45) is 0 Å². The molecule has 3 heteroatoms. The number of anilines is 1. The van der Waals surface area contributed by atoms with Crippen molar-refractivity contribution >= 4 is 11.7 Å². The molecule has 0 aromatic heterocycles. The van der Waals surface area contributed by atoms with E-state index in [2.05, 4.69) is 36.5 Å². The van der Waals surface area contributed by atoms with Crippen LogP contribution < -0.4 is 10.1 Å². The summed E-state index contributed by atoms with van der Waals surface area (Å²) in [5.41, 5.74) is 2.45. The van der Waals surface area contributed by atoms with Crippen molar-refractivity contribution in [2.45, 2.75) is 116 Å². The minimum atomic E-state index is -0.164. The zero-order valence-electron chi connectivity index (χ0n) is 22.2. The van der Waals surface area contributed by atoms with Crippen molar-refractivity contribution in [1.82, 2.24) is 0 Å². The maximum Gasteiger partial charge on any atom is 0.311 e. The summed E-state index contributed by atoms with van der Waals surface area (Å²) in [5, 5.41) is 3.54. The predicted octanol–water partition coefficient (Wildman–Crippen LogP) is 9.51. The third-order valence-electron chi connectivity index (χ3n) is 6.63. The van der Waals surface area contributed by atoms with Gasteiger partial charge in [-0.25, -0.2) is 0 Å². The molecule has 2 aromatic carbocycles. The molecule has 2 rings (SSSR count). The quantitative estimate of drug-likeness (QED) is 0.110. The number of esters is 1. The number of aryl methyl sites for hydroxylation is 1. The maximum atomic E-state index is 11.9. The van der Waals surface area contributed by atoms with Crippen LogP contribution in [0.4, 0.5) is 5.69 Å². The fourth-order valence-electron chi connectivity index (χ4n) is 4.45. The van der Waals surface area contributed by atoms with Crippen LogP contribution in [-0.2, 0) is 11.2 Å². The van der Waals surface area contributed by atoms with Gasteiger partial charge in [0.25, 0.3) is 0 Å². The molecule has 0 saturated heterocycles. The van der Waals surface area contributed by atoms with Crippen LogP contribution in [0.3, 0.4) is 0 Å². The molecule has 0 aliphatic heterocycles. The van der Waals surface area contributed by atoms with E-state index in [1.165, 1.54) is 101 Å². The van der Waals surface area contributed by atoms with E-state index in [1.807, 2.05) is 30.3 Å². The lowest BCUT2D eigenvalue weighted by molar-refractivity contribution is -0.134. The van der Waals surface area contributed by atoms with Gasteiger partial charge in [0, 0.05) is 18.7 Å². The summed E-state index contributed by atoms with van der Waals surface area (Å²) in [6, 6.07) is 17.9. The van der Waals surface area contributed by atoms with Crippen LogP contribution in [0, 0.1) is 0 Å². The van der Waals surface area contributed by atoms with E-state index < -0.39 is 0 Å². The van der Waals surface area contributed by atoms with E-state index in [-0.39, 0.29) is 5.97 Å². The predicted molar refractivity (Wildman–Crippen MR) is 150 cm³/mol. The molecule has 1 N–H and O–H groups in total. The van der Waals surface area contributed by atoms with Gasteiger partial charge in [-0.3, -0.25) is 4.79 Å². The Morgan fingerprint density at radius 2 is 1.20 bits per heavy atom. The van der Waals surface area contributed by atoms with Crippen LogP contribution in [0.5, 0.6) is 5.75 Å². The number of carbonyl (C=O) groups is 1. The molecule has 0 amide bonds. The monoisotopic (exact) mass is 479 g/mol. The molecular formula is C32H49NO2. The third kappa shape index (κ3) is 15.3. The highest BCUT2D eigenvalue weighted by molar-refractivity contribution is 5.72. The molecule has 0 atom stereocenters. The van der Waals surface area contributed by atoms with Crippen LogP contribution in [0.25, 0.3) is 0 Å². The van der Waals surface area contributed by atoms with Gasteiger partial charge >= 0.3 is 5.97 Å². The highest BCUT2D eigenvalue weighted by atomic mass is 16.5. The first-order chi connectivity index (χ1) is 17.3. The molecular weight excluding hydrogens is 430 g/mol. The SMILES string of the molecule is CCCCCCCCCCCCCCCCNc1ccc(CCCC(=O)Oc2ccccc2)cc1.